The number of aliphatic hydroxyl groups is 1. The van der Waals surface area contributed by atoms with Crippen LogP contribution in [-0.4, -0.2) is 33.6 Å². The Morgan fingerprint density at radius 1 is 1.33 bits per heavy atom. The topological polar surface area (TPSA) is 66.6 Å². The van der Waals surface area contributed by atoms with Gasteiger partial charge in [0.25, 0.3) is 5.91 Å². The largest absolute Gasteiger partial charge is 0.396 e. The maximum Gasteiger partial charge on any atom is 0.271 e. The number of carbonyl (C=O) groups excluding carboxylic acids is 1. The Kier molecular flexibility index (Phi) is 4.20. The first-order valence-electron chi connectivity index (χ1n) is 7.60. The minimum absolute atomic E-state index is 0.138. The van der Waals surface area contributed by atoms with Gasteiger partial charge in [-0.05, 0) is 36.8 Å². The molecule has 2 aromatic rings. The molecule has 0 radical (unpaired) electrons. The Morgan fingerprint density at radius 3 is 2.90 bits per heavy atom. The van der Waals surface area contributed by atoms with Gasteiger partial charge in [0.05, 0.1) is 0 Å². The van der Waals surface area contributed by atoms with E-state index >= 15 is 0 Å². The van der Waals surface area contributed by atoms with Gasteiger partial charge in [0, 0.05) is 25.5 Å². The number of hydrogen-bond acceptors (Lipinski definition) is 3. The first kappa shape index (κ1) is 14.1. The molecule has 2 aromatic heterocycles. The molecule has 112 valence electrons. The van der Waals surface area contributed by atoms with Gasteiger partial charge < -0.3 is 14.8 Å². The zero-order chi connectivity index (χ0) is 14.7. The van der Waals surface area contributed by atoms with E-state index in [1.54, 1.807) is 6.20 Å². The van der Waals surface area contributed by atoms with Crippen LogP contribution in [0.2, 0.25) is 0 Å². The minimum Gasteiger partial charge on any atom is -0.396 e. The van der Waals surface area contributed by atoms with Gasteiger partial charge in [0.2, 0.25) is 0 Å². The second-order valence-corrected chi connectivity index (χ2v) is 5.79. The van der Waals surface area contributed by atoms with Crippen molar-refractivity contribution >= 4 is 11.6 Å². The van der Waals surface area contributed by atoms with Crippen molar-refractivity contribution in [3.8, 4) is 0 Å². The Morgan fingerprint density at radius 2 is 2.14 bits per heavy atom. The van der Waals surface area contributed by atoms with Gasteiger partial charge in [-0.2, -0.15) is 0 Å². The highest BCUT2D eigenvalue weighted by Gasteiger charge is 2.25. The van der Waals surface area contributed by atoms with Gasteiger partial charge in [-0.25, -0.2) is 4.98 Å². The molecule has 0 bridgehead atoms. The maximum absolute atomic E-state index is 12.2. The normalized spacial score (nSPS) is 22.3. The number of imidazole rings is 1. The average molecular weight is 287 g/mol. The number of carbonyl (C=O) groups is 1. The number of nitrogens with one attached hydrogen (secondary N) is 1. The molecule has 1 amide bonds. The lowest BCUT2D eigenvalue weighted by Gasteiger charge is -2.30. The van der Waals surface area contributed by atoms with E-state index in [0.29, 0.717) is 24.1 Å². The van der Waals surface area contributed by atoms with Gasteiger partial charge in [0.15, 0.2) is 0 Å². The molecular weight excluding hydrogens is 266 g/mol. The first-order chi connectivity index (χ1) is 10.3. The van der Waals surface area contributed by atoms with Gasteiger partial charge in [-0.15, -0.1) is 0 Å². The molecule has 0 aliphatic heterocycles. The van der Waals surface area contributed by atoms with E-state index in [2.05, 4.69) is 10.3 Å². The lowest BCUT2D eigenvalue weighted by Crippen LogP contribution is -2.35. The van der Waals surface area contributed by atoms with E-state index in [1.807, 2.05) is 28.8 Å². The highest BCUT2D eigenvalue weighted by atomic mass is 16.3. The number of aliphatic hydroxyl groups excluding tert-OH is 1. The van der Waals surface area contributed by atoms with Crippen LogP contribution < -0.4 is 5.32 Å². The molecular formula is C16H21N3O2. The number of hydrogen-bond donors (Lipinski definition) is 2. The molecule has 0 spiro atoms. The minimum atomic E-state index is -0.138. The molecule has 2 atom stereocenters. The van der Waals surface area contributed by atoms with Crippen LogP contribution in [0.3, 0.4) is 0 Å². The van der Waals surface area contributed by atoms with Crippen LogP contribution in [-0.2, 0) is 0 Å². The summed E-state index contributed by atoms with van der Waals surface area (Å²) < 4.78 is 1.84. The van der Waals surface area contributed by atoms with Crippen molar-refractivity contribution in [2.45, 2.75) is 25.7 Å². The molecule has 1 aliphatic carbocycles. The SMILES string of the molecule is O=C(NCC1CCCCC1CO)c1cn2ccccc2n1. The monoisotopic (exact) mass is 287 g/mol. The van der Waals surface area contributed by atoms with Crippen LogP contribution in [0.25, 0.3) is 5.65 Å². The number of nitrogens with zero attached hydrogens (tertiary/aromatic N) is 2. The number of amides is 1. The number of pyridine rings is 1. The quantitative estimate of drug-likeness (QED) is 0.902. The molecule has 5 nitrogen and oxygen atoms in total. The number of fused-ring (bicyclic) bond motifs is 1. The summed E-state index contributed by atoms with van der Waals surface area (Å²) in [4.78, 5) is 16.5. The lowest BCUT2D eigenvalue weighted by atomic mass is 9.79. The van der Waals surface area contributed by atoms with Crippen molar-refractivity contribution in [2.75, 3.05) is 13.2 Å². The van der Waals surface area contributed by atoms with E-state index in [-0.39, 0.29) is 12.5 Å². The smallest absolute Gasteiger partial charge is 0.271 e. The summed E-state index contributed by atoms with van der Waals surface area (Å²) in [7, 11) is 0. The highest BCUT2D eigenvalue weighted by molar-refractivity contribution is 5.92. The second kappa shape index (κ2) is 6.26. The zero-order valence-corrected chi connectivity index (χ0v) is 12.0. The Bertz CT molecular complexity index is 590. The molecule has 2 N–H and O–H groups in total. The molecule has 2 heterocycles. The second-order valence-electron chi connectivity index (χ2n) is 5.79. The van der Waals surface area contributed by atoms with Crippen LogP contribution in [0.1, 0.15) is 36.2 Å². The summed E-state index contributed by atoms with van der Waals surface area (Å²) in [5.41, 5.74) is 1.21. The molecule has 0 saturated heterocycles. The van der Waals surface area contributed by atoms with Gasteiger partial charge in [0.1, 0.15) is 11.3 Å². The zero-order valence-electron chi connectivity index (χ0n) is 12.0. The molecule has 1 fully saturated rings. The number of rotatable bonds is 4. The van der Waals surface area contributed by atoms with Crippen LogP contribution >= 0.6 is 0 Å². The van der Waals surface area contributed by atoms with Crippen LogP contribution in [0.4, 0.5) is 0 Å². The van der Waals surface area contributed by atoms with E-state index in [1.165, 1.54) is 12.8 Å². The summed E-state index contributed by atoms with van der Waals surface area (Å²) in [5.74, 6) is 0.561. The third-order valence-corrected chi connectivity index (χ3v) is 4.42. The van der Waals surface area contributed by atoms with Crippen molar-refractivity contribution in [1.82, 2.24) is 14.7 Å². The Balaban J connectivity index is 1.63. The van der Waals surface area contributed by atoms with Crippen molar-refractivity contribution in [3.05, 3.63) is 36.3 Å². The summed E-state index contributed by atoms with van der Waals surface area (Å²) in [6, 6.07) is 5.68. The van der Waals surface area contributed by atoms with E-state index < -0.39 is 0 Å². The lowest BCUT2D eigenvalue weighted by molar-refractivity contribution is 0.0905. The van der Waals surface area contributed by atoms with Crippen molar-refractivity contribution in [3.63, 3.8) is 0 Å². The van der Waals surface area contributed by atoms with Crippen LogP contribution in [0.15, 0.2) is 30.6 Å². The van der Waals surface area contributed by atoms with E-state index in [4.69, 9.17) is 0 Å². The van der Waals surface area contributed by atoms with Crippen LogP contribution in [0.5, 0.6) is 0 Å². The van der Waals surface area contributed by atoms with Crippen LogP contribution in [0, 0.1) is 11.8 Å². The molecule has 3 rings (SSSR count). The fourth-order valence-corrected chi connectivity index (χ4v) is 3.15. The van der Waals surface area contributed by atoms with Crippen molar-refractivity contribution in [2.24, 2.45) is 11.8 Å². The van der Waals surface area contributed by atoms with E-state index in [0.717, 1.165) is 18.5 Å². The fraction of sp³-hybridized carbons (Fsp3) is 0.500. The first-order valence-corrected chi connectivity index (χ1v) is 7.60. The molecule has 21 heavy (non-hydrogen) atoms. The Hall–Kier alpha value is -1.88. The predicted molar refractivity (Wildman–Crippen MR) is 80.1 cm³/mol. The van der Waals surface area contributed by atoms with Gasteiger partial charge in [-0.3, -0.25) is 4.79 Å². The molecule has 1 aliphatic rings. The fourth-order valence-electron chi connectivity index (χ4n) is 3.15. The highest BCUT2D eigenvalue weighted by Crippen LogP contribution is 2.29. The van der Waals surface area contributed by atoms with Crippen molar-refractivity contribution in [1.29, 1.82) is 0 Å². The molecule has 5 heteroatoms. The van der Waals surface area contributed by atoms with Gasteiger partial charge in [-0.1, -0.05) is 18.9 Å². The molecule has 0 aromatic carbocycles. The molecule has 1 saturated carbocycles. The summed E-state index contributed by atoms with van der Waals surface area (Å²) in [5, 5.41) is 12.4. The number of aromatic nitrogens is 2. The summed E-state index contributed by atoms with van der Waals surface area (Å²) in [6.07, 6.45) is 8.13. The summed E-state index contributed by atoms with van der Waals surface area (Å²) in [6.45, 7) is 0.840. The maximum atomic E-state index is 12.2. The van der Waals surface area contributed by atoms with Crippen molar-refractivity contribution < 1.29 is 9.90 Å². The predicted octanol–water partition coefficient (Wildman–Crippen LogP) is 1.86. The third-order valence-electron chi connectivity index (χ3n) is 4.42. The standard InChI is InChI=1S/C16H21N3O2/c20-11-13-6-2-1-5-12(13)9-17-16(21)14-10-19-8-4-3-7-15(19)18-14/h3-4,7-8,10,12-13,20H,1-2,5-6,9,11H2,(H,17,21). The van der Waals surface area contributed by atoms with Gasteiger partial charge >= 0.3 is 0 Å². The summed E-state index contributed by atoms with van der Waals surface area (Å²) >= 11 is 0. The van der Waals surface area contributed by atoms with E-state index in [9.17, 15) is 9.90 Å². The average Bonchev–Trinajstić information content (AvgIpc) is 2.97. The third kappa shape index (κ3) is 3.08. The molecule has 2 unspecified atom stereocenters. The Labute approximate surface area is 124 Å².